The Morgan fingerprint density at radius 2 is 1.95 bits per heavy atom. The molecule has 118 valence electrons. The summed E-state index contributed by atoms with van der Waals surface area (Å²) in [7, 11) is 1.75. The number of rotatable bonds is 8. The summed E-state index contributed by atoms with van der Waals surface area (Å²) in [4.78, 5) is 13.4. The zero-order chi connectivity index (χ0) is 14.9. The minimum absolute atomic E-state index is 0.561. The first-order valence-electron chi connectivity index (χ1n) is 7.77. The molecule has 1 unspecified atom stereocenters. The van der Waals surface area contributed by atoms with E-state index in [9.17, 15) is 0 Å². The number of nitrogens with zero attached hydrogens (tertiary/aromatic N) is 4. The summed E-state index contributed by atoms with van der Waals surface area (Å²) in [5.41, 5.74) is 0. The van der Waals surface area contributed by atoms with Gasteiger partial charge in [0.25, 0.3) is 0 Å². The minimum atomic E-state index is 0.561. The number of piperazine rings is 1. The molecular formula is C15H27N5O. The van der Waals surface area contributed by atoms with Crippen molar-refractivity contribution in [2.45, 2.75) is 19.4 Å². The summed E-state index contributed by atoms with van der Waals surface area (Å²) in [6, 6.07) is 2.42. The number of hydrogen-bond acceptors (Lipinski definition) is 6. The Hall–Kier alpha value is -1.24. The molecule has 0 spiro atoms. The molecule has 0 saturated carbocycles. The summed E-state index contributed by atoms with van der Waals surface area (Å²) in [5, 5.41) is 3.50. The van der Waals surface area contributed by atoms with E-state index in [-0.39, 0.29) is 0 Å². The van der Waals surface area contributed by atoms with Crippen molar-refractivity contribution >= 4 is 5.95 Å². The standard InChI is InChI=1S/C15H27N5O/c1-14(13-16-5-4-12-21-2)19-8-10-20(11-9-19)15-17-6-3-7-18-15/h3,6-7,14,16H,4-5,8-13H2,1-2H3. The van der Waals surface area contributed by atoms with E-state index in [1.807, 2.05) is 6.07 Å². The zero-order valence-electron chi connectivity index (χ0n) is 13.2. The van der Waals surface area contributed by atoms with E-state index in [1.54, 1.807) is 19.5 Å². The number of ether oxygens (including phenoxy) is 1. The van der Waals surface area contributed by atoms with Gasteiger partial charge in [0, 0.05) is 64.9 Å². The largest absolute Gasteiger partial charge is 0.385 e. The summed E-state index contributed by atoms with van der Waals surface area (Å²) in [6.45, 7) is 9.31. The lowest BCUT2D eigenvalue weighted by Gasteiger charge is -2.38. The number of aromatic nitrogens is 2. The molecule has 0 radical (unpaired) electrons. The van der Waals surface area contributed by atoms with Crippen LogP contribution in [0.15, 0.2) is 18.5 Å². The van der Waals surface area contributed by atoms with Crippen molar-refractivity contribution in [3.05, 3.63) is 18.5 Å². The average Bonchev–Trinajstić information content (AvgIpc) is 2.55. The van der Waals surface area contributed by atoms with Crippen LogP contribution in [-0.4, -0.2) is 73.9 Å². The lowest BCUT2D eigenvalue weighted by atomic mass is 10.2. The predicted molar refractivity (Wildman–Crippen MR) is 84.6 cm³/mol. The first-order chi connectivity index (χ1) is 10.3. The van der Waals surface area contributed by atoms with Gasteiger partial charge in [-0.15, -0.1) is 0 Å². The van der Waals surface area contributed by atoms with Crippen molar-refractivity contribution in [3.8, 4) is 0 Å². The van der Waals surface area contributed by atoms with Gasteiger partial charge in [0.05, 0.1) is 0 Å². The van der Waals surface area contributed by atoms with Crippen LogP contribution in [0.3, 0.4) is 0 Å². The molecule has 1 aliphatic heterocycles. The molecule has 6 heteroatoms. The number of nitrogens with one attached hydrogen (secondary N) is 1. The molecule has 1 aromatic heterocycles. The van der Waals surface area contributed by atoms with Gasteiger partial charge in [-0.1, -0.05) is 0 Å². The molecule has 1 atom stereocenters. The van der Waals surface area contributed by atoms with Crippen molar-refractivity contribution in [3.63, 3.8) is 0 Å². The molecule has 6 nitrogen and oxygen atoms in total. The van der Waals surface area contributed by atoms with E-state index in [0.717, 1.165) is 58.2 Å². The molecule has 21 heavy (non-hydrogen) atoms. The van der Waals surface area contributed by atoms with E-state index >= 15 is 0 Å². The third kappa shape index (κ3) is 5.22. The van der Waals surface area contributed by atoms with Crippen LogP contribution in [-0.2, 0) is 4.74 Å². The van der Waals surface area contributed by atoms with E-state index in [4.69, 9.17) is 4.74 Å². The number of methoxy groups -OCH3 is 1. The highest BCUT2D eigenvalue weighted by atomic mass is 16.5. The van der Waals surface area contributed by atoms with Gasteiger partial charge >= 0.3 is 0 Å². The third-order valence-electron chi connectivity index (χ3n) is 3.91. The normalized spacial score (nSPS) is 17.9. The lowest BCUT2D eigenvalue weighted by Crippen LogP contribution is -2.52. The maximum Gasteiger partial charge on any atom is 0.225 e. The Kier molecular flexibility index (Phi) is 6.85. The van der Waals surface area contributed by atoms with Gasteiger partial charge in [-0.2, -0.15) is 0 Å². The lowest BCUT2D eigenvalue weighted by molar-refractivity contribution is 0.182. The van der Waals surface area contributed by atoms with Crippen LogP contribution < -0.4 is 10.2 Å². The van der Waals surface area contributed by atoms with Gasteiger partial charge in [0.1, 0.15) is 0 Å². The summed E-state index contributed by atoms with van der Waals surface area (Å²) in [5.74, 6) is 0.850. The maximum absolute atomic E-state index is 5.05. The molecule has 1 fully saturated rings. The van der Waals surface area contributed by atoms with Gasteiger partial charge < -0.3 is 15.0 Å². The Morgan fingerprint density at radius 3 is 2.62 bits per heavy atom. The van der Waals surface area contributed by atoms with Gasteiger partial charge in [-0.05, 0) is 26.0 Å². The second-order valence-electron chi connectivity index (χ2n) is 5.47. The molecule has 1 N–H and O–H groups in total. The second-order valence-corrected chi connectivity index (χ2v) is 5.47. The van der Waals surface area contributed by atoms with Crippen LogP contribution in [0.5, 0.6) is 0 Å². The van der Waals surface area contributed by atoms with Crippen LogP contribution >= 0.6 is 0 Å². The van der Waals surface area contributed by atoms with Crippen molar-refractivity contribution in [1.29, 1.82) is 0 Å². The van der Waals surface area contributed by atoms with Gasteiger partial charge in [-0.25, -0.2) is 9.97 Å². The van der Waals surface area contributed by atoms with E-state index in [2.05, 4.69) is 32.0 Å². The quantitative estimate of drug-likeness (QED) is 0.709. The monoisotopic (exact) mass is 293 g/mol. The molecule has 1 aromatic rings. The Bertz CT molecular complexity index is 381. The molecule has 0 aromatic carbocycles. The minimum Gasteiger partial charge on any atom is -0.385 e. The topological polar surface area (TPSA) is 53.5 Å². The highest BCUT2D eigenvalue weighted by Crippen LogP contribution is 2.11. The Morgan fingerprint density at radius 1 is 1.24 bits per heavy atom. The zero-order valence-corrected chi connectivity index (χ0v) is 13.2. The molecule has 0 aliphatic carbocycles. The molecule has 0 bridgehead atoms. The van der Waals surface area contributed by atoms with Crippen molar-refractivity contribution in [2.75, 3.05) is 57.9 Å². The summed E-state index contributed by atoms with van der Waals surface area (Å²) < 4.78 is 5.05. The molecule has 1 aliphatic rings. The Labute approximate surface area is 127 Å². The Balaban J connectivity index is 1.66. The van der Waals surface area contributed by atoms with E-state index in [0.29, 0.717) is 6.04 Å². The fourth-order valence-electron chi connectivity index (χ4n) is 2.60. The summed E-state index contributed by atoms with van der Waals surface area (Å²) >= 11 is 0. The molecule has 1 saturated heterocycles. The van der Waals surface area contributed by atoms with Crippen LogP contribution in [0.25, 0.3) is 0 Å². The average molecular weight is 293 g/mol. The van der Waals surface area contributed by atoms with Crippen LogP contribution in [0.1, 0.15) is 13.3 Å². The van der Waals surface area contributed by atoms with Crippen LogP contribution in [0.2, 0.25) is 0 Å². The second kappa shape index (κ2) is 8.92. The predicted octanol–water partition coefficient (Wildman–Crippen LogP) is 0.613. The maximum atomic E-state index is 5.05. The number of anilines is 1. The first-order valence-corrected chi connectivity index (χ1v) is 7.77. The van der Waals surface area contributed by atoms with Crippen LogP contribution in [0, 0.1) is 0 Å². The van der Waals surface area contributed by atoms with Crippen molar-refractivity contribution in [1.82, 2.24) is 20.2 Å². The SMILES string of the molecule is COCCCNCC(C)N1CCN(c2ncccn2)CC1. The fraction of sp³-hybridized carbons (Fsp3) is 0.733. The first kappa shape index (κ1) is 16.1. The number of hydrogen-bond donors (Lipinski definition) is 1. The molecule has 2 rings (SSSR count). The van der Waals surface area contributed by atoms with Crippen molar-refractivity contribution in [2.24, 2.45) is 0 Å². The molecule has 0 amide bonds. The van der Waals surface area contributed by atoms with E-state index < -0.39 is 0 Å². The van der Waals surface area contributed by atoms with Crippen molar-refractivity contribution < 1.29 is 4.74 Å². The van der Waals surface area contributed by atoms with Gasteiger partial charge in [0.2, 0.25) is 5.95 Å². The smallest absolute Gasteiger partial charge is 0.225 e. The summed E-state index contributed by atoms with van der Waals surface area (Å²) in [6.07, 6.45) is 4.69. The highest BCUT2D eigenvalue weighted by molar-refractivity contribution is 5.29. The van der Waals surface area contributed by atoms with Gasteiger partial charge in [-0.3, -0.25) is 4.90 Å². The molecular weight excluding hydrogens is 266 g/mol. The fourth-order valence-corrected chi connectivity index (χ4v) is 2.60. The highest BCUT2D eigenvalue weighted by Gasteiger charge is 2.21. The third-order valence-corrected chi connectivity index (χ3v) is 3.91. The van der Waals surface area contributed by atoms with E-state index in [1.165, 1.54) is 0 Å². The van der Waals surface area contributed by atoms with Crippen LogP contribution in [0.4, 0.5) is 5.95 Å². The molecule has 2 heterocycles. The van der Waals surface area contributed by atoms with Gasteiger partial charge in [0.15, 0.2) is 0 Å².